The van der Waals surface area contributed by atoms with Gasteiger partial charge in [0.25, 0.3) is 5.56 Å². The first-order chi connectivity index (χ1) is 16.3. The smallest absolute Gasteiger partial charge is 0.351 e. The second-order valence-electron chi connectivity index (χ2n) is 7.44. The molecule has 0 saturated carbocycles. The molecule has 182 valence electrons. The van der Waals surface area contributed by atoms with Crippen LogP contribution in [0, 0.1) is 11.3 Å². The lowest BCUT2D eigenvalue weighted by Crippen LogP contribution is -2.32. The van der Waals surface area contributed by atoms with Crippen molar-refractivity contribution in [2.45, 2.75) is 26.8 Å². The van der Waals surface area contributed by atoms with E-state index in [1.807, 2.05) is 25.1 Å². The number of ether oxygens (including phenoxy) is 1. The summed E-state index contributed by atoms with van der Waals surface area (Å²) in [6, 6.07) is 8.59. The fourth-order valence-electron chi connectivity index (χ4n) is 2.98. The van der Waals surface area contributed by atoms with Crippen molar-refractivity contribution >= 4 is 46.5 Å². The summed E-state index contributed by atoms with van der Waals surface area (Å²) in [7, 11) is 3.95. The Hall–Kier alpha value is -3.62. The molecule has 0 radical (unpaired) electrons. The zero-order valence-electron chi connectivity index (χ0n) is 19.8. The van der Waals surface area contributed by atoms with Crippen LogP contribution in [0.2, 0.25) is 0 Å². The van der Waals surface area contributed by atoms with Crippen LogP contribution in [0.15, 0.2) is 29.1 Å². The van der Waals surface area contributed by atoms with E-state index in [0.717, 1.165) is 24.3 Å². The van der Waals surface area contributed by atoms with E-state index >= 15 is 0 Å². The van der Waals surface area contributed by atoms with Crippen LogP contribution in [-0.2, 0) is 16.1 Å². The molecule has 3 N–H and O–H groups in total. The van der Waals surface area contributed by atoms with E-state index in [9.17, 15) is 19.6 Å². The Morgan fingerprint density at radius 1 is 1.26 bits per heavy atom. The highest BCUT2D eigenvalue weighted by Gasteiger charge is 2.16. The summed E-state index contributed by atoms with van der Waals surface area (Å²) in [6.07, 6.45) is 2.36. The summed E-state index contributed by atoms with van der Waals surface area (Å²) in [6.45, 7) is 5.28. The van der Waals surface area contributed by atoms with Gasteiger partial charge in [-0.15, -0.1) is 11.3 Å². The van der Waals surface area contributed by atoms with Gasteiger partial charge in [-0.3, -0.25) is 9.36 Å². The SMILES string of the molecule is CCOC(=O)/C(C#N)=c1\s/c(=C/Nc2cccc(NC(=O)NCCCN(C)C)c2)c(=O)n1CC. The molecule has 10 nitrogen and oxygen atoms in total. The van der Waals surface area contributed by atoms with E-state index in [1.54, 1.807) is 38.1 Å². The first-order valence-electron chi connectivity index (χ1n) is 10.9. The number of thiazole rings is 1. The van der Waals surface area contributed by atoms with Crippen molar-refractivity contribution in [3.63, 3.8) is 0 Å². The number of urea groups is 1. The van der Waals surface area contributed by atoms with Crippen LogP contribution in [0.4, 0.5) is 16.2 Å². The number of aromatic nitrogens is 1. The molecule has 0 aliphatic rings. The molecule has 11 heteroatoms. The minimum Gasteiger partial charge on any atom is -0.462 e. The molecule has 0 fully saturated rings. The molecule has 0 atom stereocenters. The van der Waals surface area contributed by atoms with Crippen molar-refractivity contribution in [3.8, 4) is 6.07 Å². The molecule has 34 heavy (non-hydrogen) atoms. The minimum atomic E-state index is -0.758. The number of esters is 1. The van der Waals surface area contributed by atoms with Crippen LogP contribution in [0.5, 0.6) is 0 Å². The number of nitriles is 1. The summed E-state index contributed by atoms with van der Waals surface area (Å²) in [5.41, 5.74) is 0.716. The van der Waals surface area contributed by atoms with Gasteiger partial charge >= 0.3 is 12.0 Å². The molecule has 0 saturated heterocycles. The molecule has 1 aromatic carbocycles. The molecule has 0 aliphatic heterocycles. The predicted molar refractivity (Wildman–Crippen MR) is 134 cm³/mol. The minimum absolute atomic E-state index is 0.130. The molecule has 2 amide bonds. The summed E-state index contributed by atoms with van der Waals surface area (Å²) in [5, 5.41) is 18.1. The van der Waals surface area contributed by atoms with Gasteiger partial charge in [-0.25, -0.2) is 9.59 Å². The topological polar surface area (TPSA) is 128 Å². The van der Waals surface area contributed by atoms with Gasteiger partial charge in [0.1, 0.15) is 15.3 Å². The zero-order chi connectivity index (χ0) is 25.1. The number of anilines is 2. The molecule has 0 bridgehead atoms. The molecule has 0 unspecified atom stereocenters. The van der Waals surface area contributed by atoms with E-state index in [4.69, 9.17) is 4.74 Å². The molecule has 1 heterocycles. The molecule has 0 spiro atoms. The van der Waals surface area contributed by atoms with Gasteiger partial charge < -0.3 is 25.6 Å². The monoisotopic (exact) mass is 486 g/mol. The molecule has 0 aliphatic carbocycles. The number of carbonyl (C=O) groups excluding carboxylic acids is 2. The van der Waals surface area contributed by atoms with Crippen LogP contribution in [0.1, 0.15) is 20.3 Å². The standard InChI is InChI=1S/C23H30N6O4S/c1-5-29-20(30)19(34-21(29)18(14-24)22(31)33-6-2)15-26-16-9-7-10-17(13-16)27-23(32)25-11-8-12-28(3)4/h7,9-10,13,15,26H,5-6,8,11-12H2,1-4H3,(H2,25,27,32)/b19-15+,21-18-. The summed E-state index contributed by atoms with van der Waals surface area (Å²) in [4.78, 5) is 39.0. The van der Waals surface area contributed by atoms with Gasteiger partial charge in [-0.05, 0) is 59.1 Å². The van der Waals surface area contributed by atoms with Crippen molar-refractivity contribution in [1.82, 2.24) is 14.8 Å². The van der Waals surface area contributed by atoms with Gasteiger partial charge in [0, 0.05) is 30.7 Å². The van der Waals surface area contributed by atoms with Gasteiger partial charge in [0.15, 0.2) is 5.57 Å². The normalized spacial score (nSPS) is 12.2. The Bertz CT molecular complexity index is 1230. The van der Waals surface area contributed by atoms with E-state index in [1.165, 1.54) is 10.8 Å². The van der Waals surface area contributed by atoms with Gasteiger partial charge in [-0.2, -0.15) is 5.26 Å². The third-order valence-electron chi connectivity index (χ3n) is 4.59. The number of hydrogen-bond acceptors (Lipinski definition) is 8. The first kappa shape index (κ1) is 26.6. The largest absolute Gasteiger partial charge is 0.462 e. The highest BCUT2D eigenvalue weighted by atomic mass is 32.1. The molecule has 2 aromatic rings. The maximum absolute atomic E-state index is 12.8. The number of hydrogen-bond donors (Lipinski definition) is 3. The first-order valence-corrected chi connectivity index (χ1v) is 11.7. The van der Waals surface area contributed by atoms with E-state index in [0.29, 0.717) is 29.0 Å². The van der Waals surface area contributed by atoms with Gasteiger partial charge in [0.05, 0.1) is 6.61 Å². The van der Waals surface area contributed by atoms with Crippen LogP contribution in [0.25, 0.3) is 11.8 Å². The molecule has 2 rings (SSSR count). The molecular formula is C23H30N6O4S. The average Bonchev–Trinajstić information content (AvgIpc) is 3.11. The molecular weight excluding hydrogens is 456 g/mol. The number of benzene rings is 1. The van der Waals surface area contributed by atoms with Crippen molar-refractivity contribution in [2.24, 2.45) is 0 Å². The van der Waals surface area contributed by atoms with Crippen molar-refractivity contribution in [3.05, 3.63) is 43.8 Å². The third kappa shape index (κ3) is 7.47. The maximum atomic E-state index is 12.8. The number of amides is 2. The molecule has 1 aromatic heterocycles. The lowest BCUT2D eigenvalue weighted by atomic mass is 10.3. The Labute approximate surface area is 202 Å². The fourth-order valence-corrected chi connectivity index (χ4v) is 4.06. The Morgan fingerprint density at radius 3 is 2.65 bits per heavy atom. The number of nitrogens with zero attached hydrogens (tertiary/aromatic N) is 3. The highest BCUT2D eigenvalue weighted by Crippen LogP contribution is 2.15. The number of carbonyl (C=O) groups is 2. The Kier molecular flexibility index (Phi) is 10.3. The van der Waals surface area contributed by atoms with Gasteiger partial charge in [0.2, 0.25) is 0 Å². The van der Waals surface area contributed by atoms with Crippen LogP contribution in [-0.4, -0.2) is 55.3 Å². The number of nitrogens with one attached hydrogen (secondary N) is 3. The van der Waals surface area contributed by atoms with Crippen LogP contribution >= 0.6 is 11.3 Å². The highest BCUT2D eigenvalue weighted by molar-refractivity contribution is 7.07. The second kappa shape index (κ2) is 13.2. The summed E-state index contributed by atoms with van der Waals surface area (Å²) in [5.74, 6) is -0.758. The van der Waals surface area contributed by atoms with Crippen LogP contribution < -0.4 is 30.7 Å². The van der Waals surface area contributed by atoms with E-state index in [-0.39, 0.29) is 28.4 Å². The quantitative estimate of drug-likeness (QED) is 0.339. The number of rotatable bonds is 10. The van der Waals surface area contributed by atoms with Crippen molar-refractivity contribution in [2.75, 3.05) is 44.4 Å². The van der Waals surface area contributed by atoms with Crippen molar-refractivity contribution in [1.29, 1.82) is 5.26 Å². The Morgan fingerprint density at radius 2 is 2.00 bits per heavy atom. The van der Waals surface area contributed by atoms with E-state index in [2.05, 4.69) is 16.0 Å². The maximum Gasteiger partial charge on any atom is 0.351 e. The average molecular weight is 487 g/mol. The van der Waals surface area contributed by atoms with E-state index < -0.39 is 5.97 Å². The second-order valence-corrected chi connectivity index (χ2v) is 8.47. The third-order valence-corrected chi connectivity index (χ3v) is 5.72. The fraction of sp³-hybridized carbons (Fsp3) is 0.391. The zero-order valence-corrected chi connectivity index (χ0v) is 20.6. The summed E-state index contributed by atoms with van der Waals surface area (Å²) < 4.78 is 6.88. The van der Waals surface area contributed by atoms with Crippen LogP contribution in [0.3, 0.4) is 0 Å². The van der Waals surface area contributed by atoms with Crippen molar-refractivity contribution < 1.29 is 14.3 Å². The summed E-state index contributed by atoms with van der Waals surface area (Å²) >= 11 is 1.03. The lowest BCUT2D eigenvalue weighted by molar-refractivity contribution is -0.136. The lowest BCUT2D eigenvalue weighted by Gasteiger charge is -2.11. The Balaban J connectivity index is 2.21. The van der Waals surface area contributed by atoms with Gasteiger partial charge in [-0.1, -0.05) is 6.07 Å². The predicted octanol–water partition coefficient (Wildman–Crippen LogP) is 1.09.